The van der Waals surface area contributed by atoms with E-state index in [9.17, 15) is 13.4 Å². The number of nitrogens with one attached hydrogen (secondary N) is 1. The average molecular weight is 545 g/mol. The summed E-state index contributed by atoms with van der Waals surface area (Å²) in [6.45, 7) is 8.76. The van der Waals surface area contributed by atoms with Crippen molar-refractivity contribution in [3.63, 3.8) is 0 Å². The summed E-state index contributed by atoms with van der Waals surface area (Å²) in [4.78, 5) is 15.3. The molecule has 0 saturated carbocycles. The molecule has 2 amide bonds. The quantitative estimate of drug-likeness (QED) is 0.325. The monoisotopic (exact) mass is 544 g/mol. The minimum Gasteiger partial charge on any atom is -0.305 e. The number of hydrogen-bond acceptors (Lipinski definition) is 3. The van der Waals surface area contributed by atoms with Crippen molar-refractivity contribution in [3.8, 4) is 11.1 Å². The number of benzene rings is 3. The Morgan fingerprint density at radius 3 is 2.05 bits per heavy atom. The standard InChI is InChI=1S/C28H34ClFN4O2S/c1-17(2)23-13-21(20-9-12-26(30)25(29)15-20)14-24(18(3)4)27(23)32-28(35)33-37(31,36)22-10-7-19(8-11-22)16-34(5)6/h7-15,17-18H,16H2,1-6H3,(H3,31,32,33,35,36). The molecule has 37 heavy (non-hydrogen) atoms. The number of carbonyl (C=O) groups excluding carboxylic acids is 1. The van der Waals surface area contributed by atoms with Crippen LogP contribution in [0.3, 0.4) is 0 Å². The van der Waals surface area contributed by atoms with Crippen LogP contribution in [-0.4, -0.2) is 29.2 Å². The second-order valence-corrected chi connectivity index (χ2v) is 12.1. The van der Waals surface area contributed by atoms with Gasteiger partial charge < -0.3 is 10.2 Å². The van der Waals surface area contributed by atoms with E-state index < -0.39 is 21.8 Å². The number of halogens is 2. The van der Waals surface area contributed by atoms with Gasteiger partial charge in [0, 0.05) is 12.2 Å². The molecule has 6 nitrogen and oxygen atoms in total. The van der Waals surface area contributed by atoms with Crippen LogP contribution in [0.4, 0.5) is 14.9 Å². The van der Waals surface area contributed by atoms with E-state index in [-0.39, 0.29) is 21.8 Å². The maximum atomic E-state index is 13.7. The van der Waals surface area contributed by atoms with E-state index in [1.165, 1.54) is 6.07 Å². The van der Waals surface area contributed by atoms with Gasteiger partial charge in [-0.2, -0.15) is 0 Å². The lowest BCUT2D eigenvalue weighted by molar-refractivity contribution is 0.260. The molecule has 3 N–H and O–H groups in total. The lowest BCUT2D eigenvalue weighted by Gasteiger charge is -2.22. The van der Waals surface area contributed by atoms with E-state index in [0.717, 1.165) is 34.4 Å². The lowest BCUT2D eigenvalue weighted by Crippen LogP contribution is -2.19. The van der Waals surface area contributed by atoms with Gasteiger partial charge in [0.15, 0.2) is 0 Å². The smallest absolute Gasteiger partial charge is 0.305 e. The van der Waals surface area contributed by atoms with Crippen molar-refractivity contribution >= 4 is 33.2 Å². The SMILES string of the molecule is CC(C)c1cc(-c2ccc(F)c(Cl)c2)cc(C(C)C)c1NC(=O)N=S(N)(=O)c1ccc(CN(C)C)cc1. The summed E-state index contributed by atoms with van der Waals surface area (Å²) in [5.41, 5.74) is 4.97. The van der Waals surface area contributed by atoms with Gasteiger partial charge in [0.1, 0.15) is 15.7 Å². The molecule has 0 aliphatic heterocycles. The zero-order valence-electron chi connectivity index (χ0n) is 22.0. The molecule has 0 spiro atoms. The summed E-state index contributed by atoms with van der Waals surface area (Å²) < 4.78 is 30.7. The fraction of sp³-hybridized carbons (Fsp3) is 0.321. The number of anilines is 1. The fourth-order valence-corrected chi connectivity index (χ4v) is 5.15. The molecule has 3 aromatic carbocycles. The normalized spacial score (nSPS) is 13.2. The topological polar surface area (TPSA) is 87.8 Å². The molecule has 198 valence electrons. The van der Waals surface area contributed by atoms with Crippen LogP contribution in [0.5, 0.6) is 0 Å². The van der Waals surface area contributed by atoms with Gasteiger partial charge in [0.05, 0.1) is 9.92 Å². The first-order valence-electron chi connectivity index (χ1n) is 12.0. The number of urea groups is 1. The molecule has 0 fully saturated rings. The summed E-state index contributed by atoms with van der Waals surface area (Å²) in [6.07, 6.45) is 0. The van der Waals surface area contributed by atoms with Crippen molar-refractivity contribution in [3.05, 3.63) is 82.1 Å². The predicted octanol–water partition coefficient (Wildman–Crippen LogP) is 7.39. The highest BCUT2D eigenvalue weighted by Crippen LogP contribution is 2.38. The minimum atomic E-state index is -3.45. The van der Waals surface area contributed by atoms with Crippen molar-refractivity contribution in [2.75, 3.05) is 19.4 Å². The Morgan fingerprint density at radius 1 is 1.00 bits per heavy atom. The zero-order chi connectivity index (χ0) is 27.5. The van der Waals surface area contributed by atoms with E-state index in [0.29, 0.717) is 5.69 Å². The van der Waals surface area contributed by atoms with Crippen LogP contribution in [0.15, 0.2) is 63.9 Å². The molecular formula is C28H34ClFN4O2S. The third kappa shape index (κ3) is 7.17. The molecule has 0 radical (unpaired) electrons. The zero-order valence-corrected chi connectivity index (χ0v) is 23.6. The predicted molar refractivity (Wildman–Crippen MR) is 151 cm³/mol. The molecule has 0 aliphatic carbocycles. The first-order chi connectivity index (χ1) is 17.3. The summed E-state index contributed by atoms with van der Waals surface area (Å²) in [5.74, 6) is -0.410. The van der Waals surface area contributed by atoms with E-state index in [1.54, 1.807) is 24.3 Å². The van der Waals surface area contributed by atoms with E-state index in [2.05, 4.69) is 9.68 Å². The van der Waals surface area contributed by atoms with Gasteiger partial charge in [0.2, 0.25) is 0 Å². The third-order valence-electron chi connectivity index (χ3n) is 5.91. The Bertz CT molecular complexity index is 1380. The highest BCUT2D eigenvalue weighted by atomic mass is 35.5. The van der Waals surface area contributed by atoms with Gasteiger partial charge in [-0.1, -0.05) is 57.5 Å². The van der Waals surface area contributed by atoms with Crippen molar-refractivity contribution in [2.24, 2.45) is 9.50 Å². The second-order valence-electron chi connectivity index (χ2n) is 9.94. The number of nitrogens with two attached hydrogens (primary N) is 1. The number of hydrogen-bond donors (Lipinski definition) is 2. The summed E-state index contributed by atoms with van der Waals surface area (Å²) in [6, 6.07) is 14.6. The summed E-state index contributed by atoms with van der Waals surface area (Å²) >= 11 is 6.03. The molecule has 1 unspecified atom stereocenters. The van der Waals surface area contributed by atoms with Gasteiger partial charge in [-0.15, -0.1) is 4.36 Å². The van der Waals surface area contributed by atoms with Crippen LogP contribution in [0, 0.1) is 5.82 Å². The van der Waals surface area contributed by atoms with Crippen LogP contribution in [-0.2, 0) is 16.5 Å². The van der Waals surface area contributed by atoms with E-state index in [4.69, 9.17) is 16.7 Å². The second kappa shape index (κ2) is 11.7. The van der Waals surface area contributed by atoms with Gasteiger partial charge in [-0.05, 0) is 90.1 Å². The Labute approximate surface area is 224 Å². The van der Waals surface area contributed by atoms with Crippen LogP contribution in [0.2, 0.25) is 5.02 Å². The van der Waals surface area contributed by atoms with Crippen molar-refractivity contribution in [1.82, 2.24) is 4.90 Å². The maximum absolute atomic E-state index is 13.7. The first kappa shape index (κ1) is 28.8. The number of amides is 2. The highest BCUT2D eigenvalue weighted by Gasteiger charge is 2.20. The Morgan fingerprint density at radius 2 is 1.57 bits per heavy atom. The summed E-state index contributed by atoms with van der Waals surface area (Å²) in [7, 11) is 0.461. The number of nitrogens with zero attached hydrogens (tertiary/aromatic N) is 2. The Balaban J connectivity index is 2.01. The minimum absolute atomic E-state index is 0.0372. The molecule has 0 aromatic heterocycles. The molecule has 0 bridgehead atoms. The van der Waals surface area contributed by atoms with Crippen LogP contribution in [0.25, 0.3) is 11.1 Å². The maximum Gasteiger partial charge on any atom is 0.354 e. The van der Waals surface area contributed by atoms with Crippen molar-refractivity contribution in [2.45, 2.75) is 51.0 Å². The Kier molecular flexibility index (Phi) is 9.13. The molecule has 0 aliphatic rings. The van der Waals surface area contributed by atoms with Crippen LogP contribution < -0.4 is 10.5 Å². The molecular weight excluding hydrogens is 511 g/mol. The first-order valence-corrected chi connectivity index (χ1v) is 14.0. The lowest BCUT2D eigenvalue weighted by atomic mass is 9.88. The van der Waals surface area contributed by atoms with Gasteiger partial charge in [0.25, 0.3) is 0 Å². The van der Waals surface area contributed by atoms with Crippen LogP contribution >= 0.6 is 11.6 Å². The Hall–Kier alpha value is -2.78. The molecule has 3 aromatic rings. The number of rotatable bonds is 7. The highest BCUT2D eigenvalue weighted by molar-refractivity contribution is 7.91. The average Bonchev–Trinajstić information content (AvgIpc) is 2.80. The third-order valence-corrected chi connectivity index (χ3v) is 7.58. The molecule has 1 atom stereocenters. The van der Waals surface area contributed by atoms with Gasteiger partial charge in [-0.3, -0.25) is 0 Å². The molecule has 9 heteroatoms. The van der Waals surface area contributed by atoms with E-state index >= 15 is 0 Å². The van der Waals surface area contributed by atoms with Crippen molar-refractivity contribution in [1.29, 1.82) is 0 Å². The number of carbonyl (C=O) groups is 1. The largest absolute Gasteiger partial charge is 0.354 e. The fourth-order valence-electron chi connectivity index (χ4n) is 4.05. The molecule has 3 rings (SSSR count). The van der Waals surface area contributed by atoms with Crippen molar-refractivity contribution < 1.29 is 13.4 Å². The summed E-state index contributed by atoms with van der Waals surface area (Å²) in [5, 5.41) is 8.90. The van der Waals surface area contributed by atoms with Gasteiger partial charge in [-0.25, -0.2) is 18.5 Å². The molecule has 0 saturated heterocycles. The molecule has 0 heterocycles. The van der Waals surface area contributed by atoms with E-state index in [1.807, 2.05) is 71.0 Å². The van der Waals surface area contributed by atoms with Crippen LogP contribution in [0.1, 0.15) is 56.2 Å². The van der Waals surface area contributed by atoms with Gasteiger partial charge >= 0.3 is 6.03 Å².